The number of fused-ring (bicyclic) bond motifs is 5. The maximum atomic E-state index is 13.9. The van der Waals surface area contributed by atoms with Gasteiger partial charge in [0.2, 0.25) is 11.8 Å². The minimum atomic E-state index is -0.708. The van der Waals surface area contributed by atoms with Crippen molar-refractivity contribution in [2.24, 2.45) is 11.7 Å². The molecule has 2 aromatic rings. The predicted molar refractivity (Wildman–Crippen MR) is 133 cm³/mol. The van der Waals surface area contributed by atoms with Crippen molar-refractivity contribution in [2.75, 3.05) is 13.1 Å². The molecule has 5 aliphatic rings. The van der Waals surface area contributed by atoms with Gasteiger partial charge in [0.05, 0.1) is 24.2 Å². The number of piperazine rings is 1. The van der Waals surface area contributed by atoms with Crippen LogP contribution in [0.5, 0.6) is 0 Å². The molecular formula is C29H31N5O2. The third-order valence-electron chi connectivity index (χ3n) is 9.21. The molecule has 1 saturated carbocycles. The highest BCUT2D eigenvalue weighted by molar-refractivity contribution is 5.87. The highest BCUT2D eigenvalue weighted by Gasteiger charge is 2.56. The summed E-state index contributed by atoms with van der Waals surface area (Å²) in [6.45, 7) is 1.09. The van der Waals surface area contributed by atoms with Gasteiger partial charge in [-0.3, -0.25) is 14.5 Å². The standard InChI is InChI=1S/C29H31N5O2/c30-14-20-11-19-12-25(19)33(20)28(35)24(31)16-32-15-21-13-26(32)29(36)34(21)27-22-7-3-1-5-17(22)9-10-18-6-2-4-8-23(18)27/h1-8,19-21,24-27H,9-13,15-16,31H2/t19-,20+,21-,24+,25?,26-/m1/s1. The monoisotopic (exact) mass is 481 g/mol. The molecule has 7 nitrogen and oxygen atoms in total. The number of hydrogen-bond acceptors (Lipinski definition) is 5. The third kappa shape index (κ3) is 3.24. The summed E-state index contributed by atoms with van der Waals surface area (Å²) in [5.74, 6) is 0.472. The van der Waals surface area contributed by atoms with E-state index in [9.17, 15) is 14.9 Å². The molecule has 0 spiro atoms. The molecular weight excluding hydrogens is 450 g/mol. The van der Waals surface area contributed by atoms with Gasteiger partial charge in [-0.05, 0) is 60.3 Å². The van der Waals surface area contributed by atoms with E-state index in [-0.39, 0.29) is 42.0 Å². The largest absolute Gasteiger partial charge is 0.326 e. The van der Waals surface area contributed by atoms with Gasteiger partial charge in [-0.2, -0.15) is 5.26 Å². The van der Waals surface area contributed by atoms with E-state index in [4.69, 9.17) is 5.73 Å². The molecule has 0 aromatic heterocycles. The van der Waals surface area contributed by atoms with Crippen LogP contribution in [0.25, 0.3) is 0 Å². The average Bonchev–Trinajstić information content (AvgIpc) is 3.28. The van der Waals surface area contributed by atoms with Crippen molar-refractivity contribution in [1.82, 2.24) is 14.7 Å². The molecule has 2 aliphatic carbocycles. The number of nitrogens with two attached hydrogens (primary N) is 1. The topological polar surface area (TPSA) is 93.7 Å². The number of carbonyl (C=O) groups is 2. The predicted octanol–water partition coefficient (Wildman–Crippen LogP) is 2.00. The fourth-order valence-electron chi connectivity index (χ4n) is 7.43. The number of aryl methyl sites for hydroxylation is 2. The SMILES string of the molecule is N#C[C@@H]1C[C@@H]2CC2N1C(=O)[C@@H](N)CN1C[C@H]2C[C@@H]1C(=O)N2C1c2ccccc2CCc2ccccc21. The van der Waals surface area contributed by atoms with Crippen LogP contribution in [0.15, 0.2) is 48.5 Å². The number of hydrogen-bond donors (Lipinski definition) is 1. The highest BCUT2D eigenvalue weighted by Crippen LogP contribution is 2.48. The average molecular weight is 482 g/mol. The Labute approximate surface area is 211 Å². The summed E-state index contributed by atoms with van der Waals surface area (Å²) in [5.41, 5.74) is 11.5. The first kappa shape index (κ1) is 22.0. The van der Waals surface area contributed by atoms with Crippen LogP contribution < -0.4 is 5.73 Å². The molecule has 3 aliphatic heterocycles. The molecule has 3 heterocycles. The number of rotatable bonds is 4. The normalized spacial score (nSPS) is 31.4. The number of amides is 2. The summed E-state index contributed by atoms with van der Waals surface area (Å²) in [6, 6.07) is 18.3. The number of nitrogens with zero attached hydrogens (tertiary/aromatic N) is 4. The van der Waals surface area contributed by atoms with Gasteiger partial charge >= 0.3 is 0 Å². The molecule has 7 heteroatoms. The van der Waals surface area contributed by atoms with Crippen LogP contribution in [-0.4, -0.2) is 69.8 Å². The van der Waals surface area contributed by atoms with Crippen LogP contribution in [0.4, 0.5) is 0 Å². The summed E-state index contributed by atoms with van der Waals surface area (Å²) >= 11 is 0. The minimum absolute atomic E-state index is 0.0763. The second-order valence-corrected chi connectivity index (χ2v) is 11.2. The van der Waals surface area contributed by atoms with Gasteiger partial charge in [-0.15, -0.1) is 0 Å². The van der Waals surface area contributed by atoms with E-state index in [1.165, 1.54) is 22.3 Å². The first-order valence-corrected chi connectivity index (χ1v) is 13.2. The van der Waals surface area contributed by atoms with E-state index in [0.717, 1.165) is 38.6 Å². The van der Waals surface area contributed by atoms with Crippen molar-refractivity contribution in [1.29, 1.82) is 5.26 Å². The summed E-state index contributed by atoms with van der Waals surface area (Å²) in [5, 5.41) is 9.48. The van der Waals surface area contributed by atoms with E-state index >= 15 is 0 Å². The lowest BCUT2D eigenvalue weighted by Crippen LogP contribution is -2.57. The van der Waals surface area contributed by atoms with Crippen molar-refractivity contribution in [3.8, 4) is 6.07 Å². The van der Waals surface area contributed by atoms with Crippen LogP contribution in [0, 0.1) is 17.2 Å². The maximum absolute atomic E-state index is 13.9. The molecule has 184 valence electrons. The van der Waals surface area contributed by atoms with E-state index in [1.807, 2.05) is 0 Å². The lowest BCUT2D eigenvalue weighted by atomic mass is 9.92. The Hall–Kier alpha value is -3.21. The fourth-order valence-corrected chi connectivity index (χ4v) is 7.43. The lowest BCUT2D eigenvalue weighted by molar-refractivity contribution is -0.140. The van der Waals surface area contributed by atoms with Gasteiger partial charge in [0, 0.05) is 25.2 Å². The minimum Gasteiger partial charge on any atom is -0.326 e. The number of benzene rings is 2. The molecule has 2 bridgehead atoms. The molecule has 2 N–H and O–H groups in total. The molecule has 2 amide bonds. The van der Waals surface area contributed by atoms with Crippen molar-refractivity contribution < 1.29 is 9.59 Å². The van der Waals surface area contributed by atoms with E-state index in [1.54, 1.807) is 4.90 Å². The van der Waals surface area contributed by atoms with Crippen molar-refractivity contribution in [2.45, 2.75) is 68.4 Å². The Morgan fingerprint density at radius 2 is 1.69 bits per heavy atom. The van der Waals surface area contributed by atoms with Crippen LogP contribution in [0.3, 0.4) is 0 Å². The van der Waals surface area contributed by atoms with Crippen molar-refractivity contribution in [3.05, 3.63) is 70.8 Å². The molecule has 36 heavy (non-hydrogen) atoms. The first-order chi connectivity index (χ1) is 17.5. The molecule has 1 unspecified atom stereocenters. The summed E-state index contributed by atoms with van der Waals surface area (Å²) < 4.78 is 0. The summed E-state index contributed by atoms with van der Waals surface area (Å²) in [4.78, 5) is 33.0. The Morgan fingerprint density at radius 3 is 2.33 bits per heavy atom. The fraction of sp³-hybridized carbons (Fsp3) is 0.483. The molecule has 2 aromatic carbocycles. The van der Waals surface area contributed by atoms with E-state index in [0.29, 0.717) is 12.5 Å². The Balaban J connectivity index is 1.13. The van der Waals surface area contributed by atoms with Crippen LogP contribution >= 0.6 is 0 Å². The summed E-state index contributed by atoms with van der Waals surface area (Å²) in [7, 11) is 0. The highest BCUT2D eigenvalue weighted by atomic mass is 16.2. The van der Waals surface area contributed by atoms with Gasteiger partial charge in [0.15, 0.2) is 0 Å². The van der Waals surface area contributed by atoms with Gasteiger partial charge in [-0.25, -0.2) is 0 Å². The molecule has 7 rings (SSSR count). The smallest absolute Gasteiger partial charge is 0.242 e. The van der Waals surface area contributed by atoms with E-state index in [2.05, 4.69) is 64.4 Å². The van der Waals surface area contributed by atoms with Crippen molar-refractivity contribution in [3.63, 3.8) is 0 Å². The summed E-state index contributed by atoms with van der Waals surface area (Å²) in [6.07, 6.45) is 4.49. The van der Waals surface area contributed by atoms with Crippen LogP contribution in [0.2, 0.25) is 0 Å². The zero-order chi connectivity index (χ0) is 24.6. The van der Waals surface area contributed by atoms with Gasteiger partial charge in [0.1, 0.15) is 6.04 Å². The number of likely N-dealkylation sites (tertiary alicyclic amines) is 3. The lowest BCUT2D eigenvalue weighted by Gasteiger charge is -2.40. The molecule has 4 fully saturated rings. The first-order valence-electron chi connectivity index (χ1n) is 13.2. The second-order valence-electron chi connectivity index (χ2n) is 11.2. The third-order valence-corrected chi connectivity index (χ3v) is 9.21. The Morgan fingerprint density at radius 1 is 1.03 bits per heavy atom. The van der Waals surface area contributed by atoms with Gasteiger partial charge in [-0.1, -0.05) is 48.5 Å². The number of carbonyl (C=O) groups excluding carboxylic acids is 2. The van der Waals surface area contributed by atoms with E-state index < -0.39 is 6.04 Å². The zero-order valence-electron chi connectivity index (χ0n) is 20.3. The van der Waals surface area contributed by atoms with Crippen LogP contribution in [0.1, 0.15) is 47.6 Å². The Kier molecular flexibility index (Phi) is 4.99. The molecule has 0 radical (unpaired) electrons. The number of piperidine rings is 1. The van der Waals surface area contributed by atoms with Gasteiger partial charge in [0.25, 0.3) is 0 Å². The van der Waals surface area contributed by atoms with Gasteiger partial charge < -0.3 is 15.5 Å². The van der Waals surface area contributed by atoms with Crippen LogP contribution in [-0.2, 0) is 22.4 Å². The number of nitriles is 1. The second kappa shape index (κ2) is 8.16. The maximum Gasteiger partial charge on any atom is 0.242 e. The molecule has 6 atom stereocenters. The quantitative estimate of drug-likeness (QED) is 0.721. The Bertz CT molecular complexity index is 1240. The van der Waals surface area contributed by atoms with Crippen molar-refractivity contribution >= 4 is 11.8 Å². The molecule has 3 saturated heterocycles. The zero-order valence-corrected chi connectivity index (χ0v) is 20.3.